The predicted molar refractivity (Wildman–Crippen MR) is 86.8 cm³/mol. The molecule has 2 atom stereocenters. The van der Waals surface area contributed by atoms with Crippen molar-refractivity contribution in [2.75, 3.05) is 12.3 Å². The maximum absolute atomic E-state index is 14.1. The largest absolute Gasteiger partial charge is 0.382 e. The van der Waals surface area contributed by atoms with E-state index >= 15 is 0 Å². The van der Waals surface area contributed by atoms with Crippen molar-refractivity contribution in [3.8, 4) is 0 Å². The Hall–Kier alpha value is -1.77. The van der Waals surface area contributed by atoms with Crippen LogP contribution in [0.5, 0.6) is 0 Å². The highest BCUT2D eigenvalue weighted by molar-refractivity contribution is 9.10. The summed E-state index contributed by atoms with van der Waals surface area (Å²) in [5.74, 6) is -2.05. The van der Waals surface area contributed by atoms with Gasteiger partial charge in [0.05, 0.1) is 6.04 Å². The SMILES string of the molecule is Nc1nccn2c([C@H]3CC[C@@H]4N(C3)C(=O)CCC4(F)F)nc(Br)c12. The smallest absolute Gasteiger partial charge is 0.268 e. The van der Waals surface area contributed by atoms with Gasteiger partial charge in [-0.2, -0.15) is 0 Å². The number of hydrogen-bond acceptors (Lipinski definition) is 4. The Morgan fingerprint density at radius 1 is 1.38 bits per heavy atom. The maximum Gasteiger partial charge on any atom is 0.268 e. The van der Waals surface area contributed by atoms with Crippen molar-refractivity contribution in [3.05, 3.63) is 22.8 Å². The van der Waals surface area contributed by atoms with Gasteiger partial charge in [-0.1, -0.05) is 0 Å². The molecule has 2 fully saturated rings. The lowest BCUT2D eigenvalue weighted by Gasteiger charge is -2.45. The Balaban J connectivity index is 1.70. The molecule has 1 amide bonds. The molecule has 0 spiro atoms. The highest BCUT2D eigenvalue weighted by Gasteiger charge is 2.51. The molecule has 2 N–H and O–H groups in total. The molecule has 2 aliphatic rings. The van der Waals surface area contributed by atoms with Crippen LogP contribution in [0.3, 0.4) is 0 Å². The van der Waals surface area contributed by atoms with Crippen LogP contribution in [0.4, 0.5) is 14.6 Å². The van der Waals surface area contributed by atoms with Crippen LogP contribution in [0.25, 0.3) is 5.52 Å². The Morgan fingerprint density at radius 3 is 2.96 bits per heavy atom. The monoisotopic (exact) mass is 399 g/mol. The zero-order valence-corrected chi connectivity index (χ0v) is 14.3. The molecule has 0 aromatic carbocycles. The fourth-order valence-corrected chi connectivity index (χ4v) is 4.39. The molecule has 2 saturated heterocycles. The number of aromatic nitrogens is 3. The summed E-state index contributed by atoms with van der Waals surface area (Å²) in [5, 5.41) is 0. The van der Waals surface area contributed by atoms with E-state index in [0.717, 1.165) is 0 Å². The van der Waals surface area contributed by atoms with Gasteiger partial charge in [0.15, 0.2) is 5.82 Å². The quantitative estimate of drug-likeness (QED) is 0.799. The van der Waals surface area contributed by atoms with Crippen LogP contribution in [0.2, 0.25) is 0 Å². The lowest BCUT2D eigenvalue weighted by Crippen LogP contribution is -2.58. The number of anilines is 1. The third kappa shape index (κ3) is 2.28. The Bertz CT molecular complexity index is 824. The second-order valence-corrected chi connectivity index (χ2v) is 7.14. The number of rotatable bonds is 1. The van der Waals surface area contributed by atoms with Crippen LogP contribution in [0.1, 0.15) is 37.4 Å². The van der Waals surface area contributed by atoms with Gasteiger partial charge < -0.3 is 10.6 Å². The van der Waals surface area contributed by atoms with Gasteiger partial charge >= 0.3 is 0 Å². The molecule has 2 aliphatic heterocycles. The van der Waals surface area contributed by atoms with Crippen molar-refractivity contribution in [2.45, 2.75) is 43.6 Å². The van der Waals surface area contributed by atoms with E-state index in [1.54, 1.807) is 12.4 Å². The topological polar surface area (TPSA) is 76.5 Å². The summed E-state index contributed by atoms with van der Waals surface area (Å²) in [4.78, 5) is 22.0. The third-order valence-corrected chi connectivity index (χ3v) is 5.55. The first kappa shape index (κ1) is 15.7. The van der Waals surface area contributed by atoms with Gasteiger partial charge in [0, 0.05) is 37.7 Å². The molecule has 0 unspecified atom stereocenters. The molecule has 9 heteroatoms. The number of fused-ring (bicyclic) bond motifs is 2. The first-order valence-electron chi connectivity index (χ1n) is 7.83. The summed E-state index contributed by atoms with van der Waals surface area (Å²) in [6, 6.07) is -0.989. The lowest BCUT2D eigenvalue weighted by atomic mass is 9.84. The predicted octanol–water partition coefficient (Wildman–Crippen LogP) is 2.58. The number of carbonyl (C=O) groups is 1. The highest BCUT2D eigenvalue weighted by Crippen LogP contribution is 2.42. The first-order chi connectivity index (χ1) is 11.4. The van der Waals surface area contributed by atoms with Crippen LogP contribution in [-0.4, -0.2) is 43.7 Å². The summed E-state index contributed by atoms with van der Waals surface area (Å²) in [6.07, 6.45) is 3.70. The van der Waals surface area contributed by atoms with E-state index in [2.05, 4.69) is 25.9 Å². The second kappa shape index (κ2) is 5.37. The number of nitrogen functional groups attached to an aromatic ring is 1. The highest BCUT2D eigenvalue weighted by atomic mass is 79.9. The van der Waals surface area contributed by atoms with E-state index in [-0.39, 0.29) is 37.6 Å². The van der Waals surface area contributed by atoms with Gasteiger partial charge in [-0.05, 0) is 28.8 Å². The minimum absolute atomic E-state index is 0.0981. The van der Waals surface area contributed by atoms with E-state index in [4.69, 9.17) is 5.73 Å². The molecule has 0 radical (unpaired) electrons. The van der Waals surface area contributed by atoms with Gasteiger partial charge in [-0.3, -0.25) is 9.20 Å². The number of piperidine rings is 2. The van der Waals surface area contributed by atoms with E-state index in [1.807, 2.05) is 4.40 Å². The number of hydrogen-bond donors (Lipinski definition) is 1. The second-order valence-electron chi connectivity index (χ2n) is 6.39. The molecule has 4 rings (SSSR count). The molecule has 2 aromatic heterocycles. The number of alkyl halides is 2. The Kier molecular flexibility index (Phi) is 3.52. The van der Waals surface area contributed by atoms with E-state index < -0.39 is 12.0 Å². The fraction of sp³-hybridized carbons (Fsp3) is 0.533. The zero-order valence-electron chi connectivity index (χ0n) is 12.8. The van der Waals surface area contributed by atoms with Gasteiger partial charge in [0.2, 0.25) is 5.91 Å². The summed E-state index contributed by atoms with van der Waals surface area (Å²) < 4.78 is 30.6. The Morgan fingerprint density at radius 2 is 2.17 bits per heavy atom. The molecule has 6 nitrogen and oxygen atoms in total. The molecule has 0 aliphatic carbocycles. The normalized spacial score (nSPS) is 26.6. The number of carbonyl (C=O) groups excluding carboxylic acids is 1. The average Bonchev–Trinajstić information content (AvgIpc) is 2.89. The van der Waals surface area contributed by atoms with Crippen LogP contribution < -0.4 is 5.73 Å². The summed E-state index contributed by atoms with van der Waals surface area (Å²) in [5.41, 5.74) is 6.56. The molecule has 0 bridgehead atoms. The molecule has 128 valence electrons. The molecule has 4 heterocycles. The number of nitrogens with zero attached hydrogens (tertiary/aromatic N) is 4. The molecule has 2 aromatic rings. The molecule has 24 heavy (non-hydrogen) atoms. The number of nitrogens with two attached hydrogens (primary N) is 1. The summed E-state index contributed by atoms with van der Waals surface area (Å²) in [6.45, 7) is 0.257. The van der Waals surface area contributed by atoms with Gasteiger partial charge in [-0.15, -0.1) is 0 Å². The maximum atomic E-state index is 14.1. The fourth-order valence-electron chi connectivity index (χ4n) is 3.81. The van der Waals surface area contributed by atoms with Crippen molar-refractivity contribution in [1.82, 2.24) is 19.3 Å². The van der Waals surface area contributed by atoms with E-state index in [0.29, 0.717) is 28.2 Å². The number of amides is 1. The van der Waals surface area contributed by atoms with E-state index in [9.17, 15) is 13.6 Å². The van der Waals surface area contributed by atoms with Gasteiger partial charge in [-0.25, -0.2) is 18.7 Å². The van der Waals surface area contributed by atoms with Crippen LogP contribution in [0, 0.1) is 0 Å². The van der Waals surface area contributed by atoms with Crippen molar-refractivity contribution in [3.63, 3.8) is 0 Å². The summed E-state index contributed by atoms with van der Waals surface area (Å²) in [7, 11) is 0. The lowest BCUT2D eigenvalue weighted by molar-refractivity contribution is -0.166. The van der Waals surface area contributed by atoms with Crippen LogP contribution in [-0.2, 0) is 4.79 Å². The standard InChI is InChI=1S/C15H16BrF2N5O/c16-12-11-13(19)20-5-6-22(11)14(21-12)8-1-2-9-15(17,18)4-3-10(24)23(9)7-8/h5-6,8-9H,1-4,7H2,(H2,19,20)/t8-,9-/m0/s1. The van der Waals surface area contributed by atoms with Gasteiger partial charge in [0.25, 0.3) is 5.92 Å². The molecular weight excluding hydrogens is 384 g/mol. The Labute approximate surface area is 145 Å². The van der Waals surface area contributed by atoms with Crippen LogP contribution in [0.15, 0.2) is 17.0 Å². The van der Waals surface area contributed by atoms with Crippen molar-refractivity contribution < 1.29 is 13.6 Å². The molecule has 0 saturated carbocycles. The minimum Gasteiger partial charge on any atom is -0.382 e. The average molecular weight is 400 g/mol. The van der Waals surface area contributed by atoms with E-state index in [1.165, 1.54) is 4.90 Å². The van der Waals surface area contributed by atoms with Crippen LogP contribution >= 0.6 is 15.9 Å². The molecular formula is C15H16BrF2N5O. The minimum atomic E-state index is -2.80. The third-order valence-electron chi connectivity index (χ3n) is 4.99. The summed E-state index contributed by atoms with van der Waals surface area (Å²) >= 11 is 3.38. The first-order valence-corrected chi connectivity index (χ1v) is 8.63. The van der Waals surface area contributed by atoms with Crippen molar-refractivity contribution >= 4 is 33.2 Å². The number of halogens is 3. The number of imidazole rings is 1. The van der Waals surface area contributed by atoms with Crippen molar-refractivity contribution in [1.29, 1.82) is 0 Å². The zero-order chi connectivity index (χ0) is 17.1. The van der Waals surface area contributed by atoms with Gasteiger partial charge in [0.1, 0.15) is 15.9 Å². The van der Waals surface area contributed by atoms with Crippen molar-refractivity contribution in [2.24, 2.45) is 0 Å².